The summed E-state index contributed by atoms with van der Waals surface area (Å²) >= 11 is 3.35. The van der Waals surface area contributed by atoms with E-state index < -0.39 is 5.97 Å². The van der Waals surface area contributed by atoms with Gasteiger partial charge in [0.25, 0.3) is 0 Å². The lowest BCUT2D eigenvalue weighted by atomic mass is 10.1. The minimum atomic E-state index is -0.422. The third-order valence-corrected chi connectivity index (χ3v) is 3.60. The van der Waals surface area contributed by atoms with Crippen LogP contribution in [0.3, 0.4) is 0 Å². The summed E-state index contributed by atoms with van der Waals surface area (Å²) in [5.41, 5.74) is 2.82. The zero-order valence-corrected chi connectivity index (χ0v) is 13.9. The third kappa shape index (κ3) is 4.43. The van der Waals surface area contributed by atoms with E-state index in [4.69, 9.17) is 4.74 Å². The van der Waals surface area contributed by atoms with Crippen LogP contribution in [0.5, 0.6) is 0 Å². The topological polar surface area (TPSA) is 55.4 Å². The Morgan fingerprint density at radius 3 is 2.45 bits per heavy atom. The van der Waals surface area contributed by atoms with Crippen LogP contribution in [0.25, 0.3) is 0 Å². The molecular weight excluding hydrogens is 346 g/mol. The van der Waals surface area contributed by atoms with Crippen molar-refractivity contribution in [2.24, 2.45) is 0 Å². The summed E-state index contributed by atoms with van der Waals surface area (Å²) < 4.78 is 6.26. The minimum Gasteiger partial charge on any atom is -0.457 e. The Labute approximate surface area is 137 Å². The molecule has 0 spiro atoms. The van der Waals surface area contributed by atoms with Gasteiger partial charge in [-0.3, -0.25) is 4.79 Å². The highest BCUT2D eigenvalue weighted by Gasteiger charge is 2.10. The number of carbonyl (C=O) groups excluding carboxylic acids is 2. The van der Waals surface area contributed by atoms with Crippen LogP contribution < -0.4 is 5.32 Å². The molecule has 2 aromatic carbocycles. The quantitative estimate of drug-likeness (QED) is 0.835. The maximum absolute atomic E-state index is 12.1. The predicted molar refractivity (Wildman–Crippen MR) is 88.7 cm³/mol. The Morgan fingerprint density at radius 2 is 1.82 bits per heavy atom. The Balaban J connectivity index is 2.06. The van der Waals surface area contributed by atoms with E-state index in [1.807, 2.05) is 31.2 Å². The first-order valence-corrected chi connectivity index (χ1v) is 7.55. The summed E-state index contributed by atoms with van der Waals surface area (Å²) in [7, 11) is 0. The fourth-order valence-electron chi connectivity index (χ4n) is 1.89. The summed E-state index contributed by atoms with van der Waals surface area (Å²) in [6, 6.07) is 12.6. The van der Waals surface area contributed by atoms with Gasteiger partial charge in [-0.15, -0.1) is 0 Å². The normalized spacial score (nSPS) is 10.1. The van der Waals surface area contributed by atoms with E-state index in [0.29, 0.717) is 11.3 Å². The zero-order valence-electron chi connectivity index (χ0n) is 12.4. The molecule has 0 radical (unpaired) electrons. The third-order valence-electron chi connectivity index (χ3n) is 3.07. The van der Waals surface area contributed by atoms with Crippen LogP contribution in [0.15, 0.2) is 46.9 Å². The van der Waals surface area contributed by atoms with Crippen LogP contribution in [0.1, 0.15) is 28.4 Å². The molecule has 0 aliphatic heterocycles. The number of rotatable bonds is 4. The lowest BCUT2D eigenvalue weighted by molar-refractivity contribution is -0.114. The summed E-state index contributed by atoms with van der Waals surface area (Å²) in [6.45, 7) is 3.50. The van der Waals surface area contributed by atoms with Crippen LogP contribution in [-0.2, 0) is 16.1 Å². The first-order chi connectivity index (χ1) is 10.5. The van der Waals surface area contributed by atoms with Gasteiger partial charge < -0.3 is 10.1 Å². The van der Waals surface area contributed by atoms with Gasteiger partial charge >= 0.3 is 5.97 Å². The molecule has 0 aromatic heterocycles. The van der Waals surface area contributed by atoms with Crippen molar-refractivity contribution in [1.29, 1.82) is 0 Å². The van der Waals surface area contributed by atoms with Crippen LogP contribution >= 0.6 is 15.9 Å². The molecule has 0 saturated carbocycles. The number of hydrogen-bond donors (Lipinski definition) is 1. The number of aryl methyl sites for hydroxylation is 1. The van der Waals surface area contributed by atoms with Gasteiger partial charge in [0, 0.05) is 17.1 Å². The smallest absolute Gasteiger partial charge is 0.338 e. The van der Waals surface area contributed by atoms with Crippen LogP contribution in [0, 0.1) is 6.92 Å². The van der Waals surface area contributed by atoms with Crippen molar-refractivity contribution in [2.75, 3.05) is 5.32 Å². The predicted octanol–water partition coefficient (Wildman–Crippen LogP) is 4.07. The van der Waals surface area contributed by atoms with Crippen molar-refractivity contribution < 1.29 is 14.3 Å². The molecule has 0 aliphatic rings. The van der Waals surface area contributed by atoms with Gasteiger partial charge in [-0.05, 0) is 42.3 Å². The highest BCUT2D eigenvalue weighted by Crippen LogP contribution is 2.18. The minimum absolute atomic E-state index is 0.177. The van der Waals surface area contributed by atoms with Gasteiger partial charge in [0.2, 0.25) is 5.91 Å². The number of halogens is 1. The fourth-order valence-corrected chi connectivity index (χ4v) is 2.15. The molecule has 4 nitrogen and oxygen atoms in total. The summed E-state index contributed by atoms with van der Waals surface area (Å²) in [5.74, 6) is -0.599. The standard InChI is InChI=1S/C17H16BrNO3/c1-11-3-6-14(9-16(11)19-12(2)20)17(21)22-10-13-4-7-15(18)8-5-13/h3-9H,10H2,1-2H3,(H,19,20). The van der Waals surface area contributed by atoms with Gasteiger partial charge in [-0.25, -0.2) is 4.79 Å². The SMILES string of the molecule is CC(=O)Nc1cc(C(=O)OCc2ccc(Br)cc2)ccc1C. The Hall–Kier alpha value is -2.14. The summed E-state index contributed by atoms with van der Waals surface area (Å²) in [4.78, 5) is 23.2. The van der Waals surface area contributed by atoms with E-state index in [1.165, 1.54) is 6.92 Å². The molecule has 0 heterocycles. The van der Waals surface area contributed by atoms with Crippen LogP contribution in [-0.4, -0.2) is 11.9 Å². The molecule has 2 aromatic rings. The molecule has 5 heteroatoms. The first-order valence-electron chi connectivity index (χ1n) is 6.75. The second-order valence-corrected chi connectivity index (χ2v) is 5.83. The Kier molecular flexibility index (Phi) is 5.33. The van der Waals surface area contributed by atoms with E-state index in [1.54, 1.807) is 18.2 Å². The van der Waals surface area contributed by atoms with Crippen molar-refractivity contribution in [2.45, 2.75) is 20.5 Å². The number of nitrogens with one attached hydrogen (secondary N) is 1. The van der Waals surface area contributed by atoms with Crippen LogP contribution in [0.4, 0.5) is 5.69 Å². The van der Waals surface area contributed by atoms with Gasteiger partial charge in [-0.1, -0.05) is 34.1 Å². The molecule has 0 aliphatic carbocycles. The molecule has 0 unspecified atom stereocenters. The van der Waals surface area contributed by atoms with Crippen molar-refractivity contribution in [3.05, 3.63) is 63.6 Å². The second kappa shape index (κ2) is 7.22. The van der Waals surface area contributed by atoms with Gasteiger partial charge in [0.05, 0.1) is 5.56 Å². The second-order valence-electron chi connectivity index (χ2n) is 4.91. The van der Waals surface area contributed by atoms with E-state index in [9.17, 15) is 9.59 Å². The molecule has 0 atom stereocenters. The lowest BCUT2D eigenvalue weighted by Crippen LogP contribution is -2.10. The van der Waals surface area contributed by atoms with E-state index in [-0.39, 0.29) is 12.5 Å². The van der Waals surface area contributed by atoms with Crippen molar-refractivity contribution in [1.82, 2.24) is 0 Å². The van der Waals surface area contributed by atoms with Crippen molar-refractivity contribution in [3.63, 3.8) is 0 Å². The number of anilines is 1. The highest BCUT2D eigenvalue weighted by atomic mass is 79.9. The average molecular weight is 362 g/mol. The van der Waals surface area contributed by atoms with Gasteiger partial charge in [-0.2, -0.15) is 0 Å². The molecule has 114 valence electrons. The Morgan fingerprint density at radius 1 is 1.14 bits per heavy atom. The largest absolute Gasteiger partial charge is 0.457 e. The van der Waals surface area contributed by atoms with Crippen molar-refractivity contribution in [3.8, 4) is 0 Å². The first kappa shape index (κ1) is 16.2. The Bertz CT molecular complexity index is 696. The number of ether oxygens (including phenoxy) is 1. The maximum Gasteiger partial charge on any atom is 0.338 e. The molecular formula is C17H16BrNO3. The fraction of sp³-hybridized carbons (Fsp3) is 0.176. The van der Waals surface area contributed by atoms with Crippen molar-refractivity contribution >= 4 is 33.5 Å². The molecule has 0 bridgehead atoms. The number of benzene rings is 2. The van der Waals surface area contributed by atoms with E-state index in [2.05, 4.69) is 21.2 Å². The maximum atomic E-state index is 12.1. The highest BCUT2D eigenvalue weighted by molar-refractivity contribution is 9.10. The zero-order chi connectivity index (χ0) is 16.1. The number of carbonyl (C=O) groups is 2. The molecule has 1 amide bonds. The van der Waals surface area contributed by atoms with Gasteiger partial charge in [0.1, 0.15) is 6.61 Å². The van der Waals surface area contributed by atoms with Crippen LogP contribution in [0.2, 0.25) is 0 Å². The van der Waals surface area contributed by atoms with E-state index in [0.717, 1.165) is 15.6 Å². The molecule has 22 heavy (non-hydrogen) atoms. The number of hydrogen-bond acceptors (Lipinski definition) is 3. The molecule has 2 rings (SSSR count). The number of amides is 1. The molecule has 0 fully saturated rings. The summed E-state index contributed by atoms with van der Waals surface area (Å²) in [6.07, 6.45) is 0. The molecule has 0 saturated heterocycles. The lowest BCUT2D eigenvalue weighted by Gasteiger charge is -2.09. The summed E-state index contributed by atoms with van der Waals surface area (Å²) in [5, 5.41) is 2.70. The van der Waals surface area contributed by atoms with Gasteiger partial charge in [0.15, 0.2) is 0 Å². The average Bonchev–Trinajstić information content (AvgIpc) is 2.48. The monoisotopic (exact) mass is 361 g/mol. The molecule has 1 N–H and O–H groups in total. The number of esters is 1. The van der Waals surface area contributed by atoms with E-state index >= 15 is 0 Å².